The summed E-state index contributed by atoms with van der Waals surface area (Å²) in [7, 11) is 0. The quantitative estimate of drug-likeness (QED) is 0.472. The van der Waals surface area contributed by atoms with Gasteiger partial charge in [-0.1, -0.05) is 35.9 Å². The van der Waals surface area contributed by atoms with Gasteiger partial charge >= 0.3 is 0 Å². The number of aromatic nitrogens is 2. The van der Waals surface area contributed by atoms with Crippen LogP contribution < -0.4 is 5.32 Å². The van der Waals surface area contributed by atoms with Crippen molar-refractivity contribution in [2.45, 2.75) is 13.0 Å². The number of aromatic hydroxyl groups is 1. The number of halogens is 1. The number of nitrogens with zero attached hydrogens (tertiary/aromatic N) is 2. The zero-order valence-electron chi connectivity index (χ0n) is 14.0. The summed E-state index contributed by atoms with van der Waals surface area (Å²) in [6.07, 6.45) is 2.96. The van der Waals surface area contributed by atoms with Crippen LogP contribution in [0.4, 0.5) is 0 Å². The molecular weight excluding hydrogens is 366 g/mol. The molecule has 6 heteroatoms. The lowest BCUT2D eigenvalue weighted by Crippen LogP contribution is -2.18. The monoisotopic (exact) mass is 383 g/mol. The highest BCUT2D eigenvalue weighted by Gasteiger charge is 2.14. The van der Waals surface area contributed by atoms with Crippen LogP contribution in [0.15, 0.2) is 60.1 Å². The minimum absolute atomic E-state index is 0.299. The van der Waals surface area contributed by atoms with Crippen molar-refractivity contribution >= 4 is 27.9 Å². The van der Waals surface area contributed by atoms with Crippen molar-refractivity contribution in [3.63, 3.8) is 0 Å². The first-order valence-corrected chi connectivity index (χ1v) is 9.65. The van der Waals surface area contributed by atoms with Crippen molar-refractivity contribution in [3.8, 4) is 17.0 Å². The number of rotatable bonds is 6. The van der Waals surface area contributed by atoms with Gasteiger partial charge in [-0.05, 0) is 42.8 Å². The molecule has 0 amide bonds. The van der Waals surface area contributed by atoms with E-state index in [0.717, 1.165) is 46.4 Å². The van der Waals surface area contributed by atoms with Gasteiger partial charge in [-0.3, -0.25) is 4.40 Å². The molecule has 4 rings (SSSR count). The van der Waals surface area contributed by atoms with E-state index < -0.39 is 0 Å². The Kier molecular flexibility index (Phi) is 4.93. The number of imidazole rings is 1. The highest BCUT2D eigenvalue weighted by Crippen LogP contribution is 2.27. The number of phenolic OH excluding ortho intramolecular Hbond substituents is 1. The van der Waals surface area contributed by atoms with Gasteiger partial charge in [0.25, 0.3) is 0 Å². The molecule has 0 atom stereocenters. The fourth-order valence-electron chi connectivity index (χ4n) is 2.94. The second-order valence-corrected chi connectivity index (χ2v) is 7.37. The van der Waals surface area contributed by atoms with Crippen LogP contribution in [-0.4, -0.2) is 21.0 Å². The first kappa shape index (κ1) is 17.1. The molecular formula is C20H18ClN3OS. The second-order valence-electron chi connectivity index (χ2n) is 6.06. The topological polar surface area (TPSA) is 49.6 Å². The molecule has 2 aromatic heterocycles. The van der Waals surface area contributed by atoms with Crippen LogP contribution in [0, 0.1) is 0 Å². The van der Waals surface area contributed by atoms with Gasteiger partial charge in [0.1, 0.15) is 5.75 Å². The average Bonchev–Trinajstić information content (AvgIpc) is 3.23. The van der Waals surface area contributed by atoms with Gasteiger partial charge < -0.3 is 10.4 Å². The first-order chi connectivity index (χ1) is 12.7. The van der Waals surface area contributed by atoms with Gasteiger partial charge in [-0.15, -0.1) is 11.3 Å². The predicted molar refractivity (Wildman–Crippen MR) is 107 cm³/mol. The SMILES string of the molecule is Oc1ccc(CCNCc2c(-c3ccc(Cl)cc3)nc3sccn23)cc1. The molecule has 2 heterocycles. The molecule has 4 nitrogen and oxygen atoms in total. The van der Waals surface area contributed by atoms with Gasteiger partial charge in [0.2, 0.25) is 0 Å². The van der Waals surface area contributed by atoms with E-state index in [1.165, 1.54) is 5.56 Å². The maximum atomic E-state index is 9.36. The minimum atomic E-state index is 0.299. The van der Waals surface area contributed by atoms with Crippen LogP contribution in [-0.2, 0) is 13.0 Å². The van der Waals surface area contributed by atoms with Gasteiger partial charge in [0, 0.05) is 28.7 Å². The summed E-state index contributed by atoms with van der Waals surface area (Å²) in [5.74, 6) is 0.299. The van der Waals surface area contributed by atoms with Crippen LogP contribution in [0.1, 0.15) is 11.3 Å². The van der Waals surface area contributed by atoms with E-state index in [2.05, 4.69) is 15.9 Å². The summed E-state index contributed by atoms with van der Waals surface area (Å²) in [5.41, 5.74) is 4.41. The Hall–Kier alpha value is -2.34. The number of hydrogen-bond acceptors (Lipinski definition) is 4. The molecule has 2 N–H and O–H groups in total. The molecule has 0 radical (unpaired) electrons. The van der Waals surface area contributed by atoms with E-state index in [0.29, 0.717) is 5.75 Å². The summed E-state index contributed by atoms with van der Waals surface area (Å²) in [6, 6.07) is 15.2. The standard InChI is InChI=1S/C20H18ClN3OS/c21-16-5-3-15(4-6-16)19-18(24-11-12-26-20(24)23-19)13-22-10-9-14-1-7-17(25)8-2-14/h1-8,11-12,22,25H,9-10,13H2. The van der Waals surface area contributed by atoms with E-state index in [4.69, 9.17) is 16.6 Å². The van der Waals surface area contributed by atoms with E-state index in [-0.39, 0.29) is 0 Å². The number of phenols is 1. The largest absolute Gasteiger partial charge is 0.508 e. The molecule has 0 fully saturated rings. The van der Waals surface area contributed by atoms with Gasteiger partial charge in [0.05, 0.1) is 11.4 Å². The van der Waals surface area contributed by atoms with Crippen LogP contribution in [0.25, 0.3) is 16.2 Å². The molecule has 0 bridgehead atoms. The van der Waals surface area contributed by atoms with Gasteiger partial charge in [0.15, 0.2) is 4.96 Å². The fourth-order valence-corrected chi connectivity index (χ4v) is 3.80. The first-order valence-electron chi connectivity index (χ1n) is 8.40. The summed E-state index contributed by atoms with van der Waals surface area (Å²) < 4.78 is 2.14. The Morgan fingerprint density at radius 3 is 2.62 bits per heavy atom. The summed E-state index contributed by atoms with van der Waals surface area (Å²) in [6.45, 7) is 1.58. The molecule has 4 aromatic rings. The Morgan fingerprint density at radius 2 is 1.85 bits per heavy atom. The Bertz CT molecular complexity index is 1010. The van der Waals surface area contributed by atoms with Crippen molar-refractivity contribution in [1.29, 1.82) is 0 Å². The van der Waals surface area contributed by atoms with Crippen molar-refractivity contribution in [1.82, 2.24) is 14.7 Å². The molecule has 132 valence electrons. The number of nitrogens with one attached hydrogen (secondary N) is 1. The third-order valence-corrected chi connectivity index (χ3v) is 5.31. The molecule has 0 saturated heterocycles. The van der Waals surface area contributed by atoms with E-state index in [1.54, 1.807) is 23.5 Å². The molecule has 0 aliphatic heterocycles. The lowest BCUT2D eigenvalue weighted by atomic mass is 10.1. The summed E-state index contributed by atoms with van der Waals surface area (Å²) in [4.78, 5) is 5.78. The molecule has 0 spiro atoms. The smallest absolute Gasteiger partial charge is 0.194 e. The molecule has 0 saturated carbocycles. The van der Waals surface area contributed by atoms with Crippen LogP contribution in [0.5, 0.6) is 5.75 Å². The van der Waals surface area contributed by atoms with Gasteiger partial charge in [-0.2, -0.15) is 0 Å². The summed E-state index contributed by atoms with van der Waals surface area (Å²) in [5, 5.41) is 15.6. The van der Waals surface area contributed by atoms with E-state index in [9.17, 15) is 5.11 Å². The number of fused-ring (bicyclic) bond motifs is 1. The number of benzene rings is 2. The van der Waals surface area contributed by atoms with Crippen LogP contribution >= 0.6 is 22.9 Å². The Labute approximate surface area is 160 Å². The fraction of sp³-hybridized carbons (Fsp3) is 0.150. The highest BCUT2D eigenvalue weighted by atomic mass is 35.5. The predicted octanol–water partition coefficient (Wildman–Crippen LogP) is 4.75. The lowest BCUT2D eigenvalue weighted by molar-refractivity contribution is 0.475. The van der Waals surface area contributed by atoms with Crippen molar-refractivity contribution in [3.05, 3.63) is 76.4 Å². The number of thiazole rings is 1. The highest BCUT2D eigenvalue weighted by molar-refractivity contribution is 7.15. The molecule has 0 aliphatic rings. The average molecular weight is 384 g/mol. The molecule has 0 unspecified atom stereocenters. The minimum Gasteiger partial charge on any atom is -0.508 e. The van der Waals surface area contributed by atoms with Crippen molar-refractivity contribution < 1.29 is 5.11 Å². The zero-order chi connectivity index (χ0) is 17.9. The summed E-state index contributed by atoms with van der Waals surface area (Å²) >= 11 is 7.65. The third kappa shape index (κ3) is 3.60. The van der Waals surface area contributed by atoms with E-state index >= 15 is 0 Å². The number of hydrogen-bond donors (Lipinski definition) is 2. The van der Waals surface area contributed by atoms with E-state index in [1.807, 2.05) is 41.8 Å². The third-order valence-electron chi connectivity index (χ3n) is 4.30. The van der Waals surface area contributed by atoms with Crippen molar-refractivity contribution in [2.24, 2.45) is 0 Å². The lowest BCUT2D eigenvalue weighted by Gasteiger charge is -2.07. The van der Waals surface area contributed by atoms with Crippen molar-refractivity contribution in [2.75, 3.05) is 6.54 Å². The normalized spacial score (nSPS) is 11.3. The van der Waals surface area contributed by atoms with Gasteiger partial charge in [-0.25, -0.2) is 4.98 Å². The Balaban J connectivity index is 1.50. The molecule has 26 heavy (non-hydrogen) atoms. The Morgan fingerprint density at radius 1 is 1.08 bits per heavy atom. The molecule has 0 aliphatic carbocycles. The zero-order valence-corrected chi connectivity index (χ0v) is 15.6. The maximum absolute atomic E-state index is 9.36. The van der Waals surface area contributed by atoms with Crippen LogP contribution in [0.3, 0.4) is 0 Å². The second kappa shape index (κ2) is 7.50. The maximum Gasteiger partial charge on any atom is 0.194 e. The molecule has 2 aromatic carbocycles. The van der Waals surface area contributed by atoms with Crippen LogP contribution in [0.2, 0.25) is 5.02 Å².